The largest absolute Gasteiger partial charge is 0.493 e. The van der Waals surface area contributed by atoms with E-state index in [9.17, 15) is 14.4 Å². The van der Waals surface area contributed by atoms with Crippen molar-refractivity contribution in [2.45, 2.75) is 11.8 Å². The highest BCUT2D eigenvalue weighted by molar-refractivity contribution is 8.00. The zero-order chi connectivity index (χ0) is 30.6. The van der Waals surface area contributed by atoms with Gasteiger partial charge in [-0.25, -0.2) is 0 Å². The summed E-state index contributed by atoms with van der Waals surface area (Å²) < 4.78 is 16.3. The minimum absolute atomic E-state index is 0.0442. The smallest absolute Gasteiger partial charge is 0.272 e. The fourth-order valence-electron chi connectivity index (χ4n) is 4.09. The molecule has 4 aromatic rings. The van der Waals surface area contributed by atoms with Crippen LogP contribution in [0.1, 0.15) is 33.2 Å². The summed E-state index contributed by atoms with van der Waals surface area (Å²) in [6, 6.07) is 28.1. The second-order valence-electron chi connectivity index (χ2n) is 9.11. The van der Waals surface area contributed by atoms with Crippen LogP contribution in [0.5, 0.6) is 17.2 Å². The van der Waals surface area contributed by atoms with E-state index in [1.165, 1.54) is 26.0 Å². The number of carbonyl (C=O) groups excluding carboxylic acids is 3. The third-order valence-corrected chi connectivity index (χ3v) is 7.21. The van der Waals surface area contributed by atoms with Gasteiger partial charge < -0.3 is 24.8 Å². The van der Waals surface area contributed by atoms with E-state index in [0.717, 1.165) is 4.90 Å². The molecule has 8 nitrogen and oxygen atoms in total. The van der Waals surface area contributed by atoms with Crippen LogP contribution >= 0.6 is 11.8 Å². The number of benzene rings is 4. The maximum Gasteiger partial charge on any atom is 0.272 e. The van der Waals surface area contributed by atoms with Gasteiger partial charge in [-0.1, -0.05) is 42.5 Å². The molecule has 4 aromatic carbocycles. The van der Waals surface area contributed by atoms with E-state index >= 15 is 0 Å². The van der Waals surface area contributed by atoms with Crippen LogP contribution in [0.15, 0.2) is 108 Å². The molecule has 43 heavy (non-hydrogen) atoms. The van der Waals surface area contributed by atoms with Crippen LogP contribution in [-0.2, 0) is 4.79 Å². The van der Waals surface area contributed by atoms with Crippen molar-refractivity contribution in [3.8, 4) is 17.2 Å². The average molecular weight is 597 g/mol. The number of hydrogen-bond acceptors (Lipinski definition) is 7. The summed E-state index contributed by atoms with van der Waals surface area (Å²) in [7, 11) is 3.06. The molecule has 0 unspecified atom stereocenters. The summed E-state index contributed by atoms with van der Waals surface area (Å²) in [5.41, 5.74) is 2.11. The van der Waals surface area contributed by atoms with Crippen molar-refractivity contribution in [3.63, 3.8) is 0 Å². The molecule has 2 amide bonds. The maximum absolute atomic E-state index is 13.5. The topological polar surface area (TPSA) is 103 Å². The molecule has 0 bridgehead atoms. The van der Waals surface area contributed by atoms with Gasteiger partial charge in [0.2, 0.25) is 0 Å². The number of para-hydroxylation sites is 1. The highest BCUT2D eigenvalue weighted by Gasteiger charge is 2.17. The van der Waals surface area contributed by atoms with Gasteiger partial charge in [0.05, 0.1) is 26.6 Å². The Morgan fingerprint density at radius 1 is 0.767 bits per heavy atom. The predicted octanol–water partition coefficient (Wildman–Crippen LogP) is 6.49. The SMILES string of the molecule is CCOc1ccccc1/C=C(\NC(=O)c1ccccc1)C(=O)Nc1cccc(SCC(=O)c2ccc(OC)c(OC)c2)c1. The van der Waals surface area contributed by atoms with Gasteiger partial charge in [0, 0.05) is 27.3 Å². The Bertz CT molecular complexity index is 1620. The highest BCUT2D eigenvalue weighted by Crippen LogP contribution is 2.29. The van der Waals surface area contributed by atoms with Crippen LogP contribution in [0.25, 0.3) is 6.08 Å². The second-order valence-corrected chi connectivity index (χ2v) is 10.2. The molecule has 0 aliphatic heterocycles. The van der Waals surface area contributed by atoms with E-state index in [1.54, 1.807) is 78.9 Å². The molecule has 9 heteroatoms. The normalized spacial score (nSPS) is 10.9. The van der Waals surface area contributed by atoms with Crippen molar-refractivity contribution in [1.82, 2.24) is 5.32 Å². The molecule has 0 aliphatic carbocycles. The molecular formula is C34H32N2O6S. The van der Waals surface area contributed by atoms with Gasteiger partial charge >= 0.3 is 0 Å². The number of Topliss-reactive ketones (excluding diaryl/α,β-unsaturated/α-hetero) is 1. The Hall–Kier alpha value is -5.02. The van der Waals surface area contributed by atoms with Crippen molar-refractivity contribution < 1.29 is 28.6 Å². The standard InChI is InChI=1S/C34H32N2O6S/c1-4-42-30-16-9-8-13-25(30)19-28(36-33(38)23-11-6-5-7-12-23)34(39)35-26-14-10-15-27(21-26)43-22-29(37)24-17-18-31(40-2)32(20-24)41-3/h5-21H,4,22H2,1-3H3,(H,35,39)(H,36,38)/b28-19-. The second kappa shape index (κ2) is 15.3. The molecule has 0 aliphatic rings. The molecule has 0 saturated carbocycles. The Kier molecular flexibility index (Phi) is 11.0. The van der Waals surface area contributed by atoms with Gasteiger partial charge in [-0.2, -0.15) is 0 Å². The van der Waals surface area contributed by atoms with E-state index < -0.39 is 11.8 Å². The number of ketones is 1. The molecular weight excluding hydrogens is 564 g/mol. The third-order valence-electron chi connectivity index (χ3n) is 6.21. The number of methoxy groups -OCH3 is 2. The minimum Gasteiger partial charge on any atom is -0.493 e. The summed E-state index contributed by atoms with van der Waals surface area (Å²) >= 11 is 1.34. The molecule has 0 heterocycles. The molecule has 0 atom stereocenters. The summed E-state index contributed by atoms with van der Waals surface area (Å²) in [6.07, 6.45) is 1.58. The van der Waals surface area contributed by atoms with Crippen LogP contribution in [0.4, 0.5) is 5.69 Å². The van der Waals surface area contributed by atoms with Crippen molar-refractivity contribution in [2.24, 2.45) is 0 Å². The van der Waals surface area contributed by atoms with Crippen molar-refractivity contribution in [2.75, 3.05) is 31.9 Å². The Labute approximate surface area is 255 Å². The van der Waals surface area contributed by atoms with E-state index in [-0.39, 0.29) is 17.2 Å². The van der Waals surface area contributed by atoms with Crippen LogP contribution in [0, 0.1) is 0 Å². The molecule has 220 valence electrons. The van der Waals surface area contributed by atoms with E-state index in [2.05, 4.69) is 10.6 Å². The van der Waals surface area contributed by atoms with Gasteiger partial charge in [-0.3, -0.25) is 14.4 Å². The highest BCUT2D eigenvalue weighted by atomic mass is 32.2. The predicted molar refractivity (Wildman–Crippen MR) is 169 cm³/mol. The zero-order valence-corrected chi connectivity index (χ0v) is 24.9. The number of nitrogens with one attached hydrogen (secondary N) is 2. The van der Waals surface area contributed by atoms with Crippen molar-refractivity contribution >= 4 is 41.1 Å². The monoisotopic (exact) mass is 596 g/mol. The number of ether oxygens (including phenoxy) is 3. The van der Waals surface area contributed by atoms with Crippen LogP contribution < -0.4 is 24.8 Å². The molecule has 0 spiro atoms. The lowest BCUT2D eigenvalue weighted by atomic mass is 10.1. The number of amides is 2. The van der Waals surface area contributed by atoms with Gasteiger partial charge in [-0.15, -0.1) is 11.8 Å². The number of carbonyl (C=O) groups is 3. The number of anilines is 1. The summed E-state index contributed by atoms with van der Waals surface area (Å²) in [4.78, 5) is 40.2. The van der Waals surface area contributed by atoms with E-state index in [0.29, 0.717) is 46.2 Å². The lowest BCUT2D eigenvalue weighted by molar-refractivity contribution is -0.113. The minimum atomic E-state index is -0.515. The third kappa shape index (κ3) is 8.50. The number of hydrogen-bond donors (Lipinski definition) is 2. The fourth-order valence-corrected chi connectivity index (χ4v) is 4.94. The van der Waals surface area contributed by atoms with Crippen molar-refractivity contribution in [1.29, 1.82) is 0 Å². The maximum atomic E-state index is 13.5. The molecule has 0 aromatic heterocycles. The first-order valence-electron chi connectivity index (χ1n) is 13.5. The Morgan fingerprint density at radius 2 is 1.51 bits per heavy atom. The van der Waals surface area contributed by atoms with E-state index in [4.69, 9.17) is 14.2 Å². The Morgan fingerprint density at radius 3 is 2.26 bits per heavy atom. The quantitative estimate of drug-likeness (QED) is 0.103. The van der Waals surface area contributed by atoms with Gasteiger partial charge in [0.15, 0.2) is 17.3 Å². The van der Waals surface area contributed by atoms with Gasteiger partial charge in [0.1, 0.15) is 11.4 Å². The fraction of sp³-hybridized carbons (Fsp3) is 0.147. The average Bonchev–Trinajstić information content (AvgIpc) is 3.04. The van der Waals surface area contributed by atoms with Crippen LogP contribution in [0.3, 0.4) is 0 Å². The van der Waals surface area contributed by atoms with Crippen LogP contribution in [-0.4, -0.2) is 44.2 Å². The zero-order valence-electron chi connectivity index (χ0n) is 24.1. The number of rotatable bonds is 13. The molecule has 4 rings (SSSR count). The molecule has 0 fully saturated rings. The van der Waals surface area contributed by atoms with E-state index in [1.807, 2.05) is 31.2 Å². The van der Waals surface area contributed by atoms with Gasteiger partial charge in [0.25, 0.3) is 11.8 Å². The summed E-state index contributed by atoms with van der Waals surface area (Å²) in [5.74, 6) is 0.774. The first-order valence-corrected chi connectivity index (χ1v) is 14.5. The lowest BCUT2D eigenvalue weighted by Crippen LogP contribution is -2.30. The molecule has 0 saturated heterocycles. The summed E-state index contributed by atoms with van der Waals surface area (Å²) in [6.45, 7) is 2.32. The van der Waals surface area contributed by atoms with Gasteiger partial charge in [-0.05, 0) is 67.6 Å². The number of thioether (sulfide) groups is 1. The molecule has 0 radical (unpaired) electrons. The first-order chi connectivity index (χ1) is 20.9. The Balaban J connectivity index is 1.51. The summed E-state index contributed by atoms with van der Waals surface area (Å²) in [5, 5.41) is 5.61. The molecule has 2 N–H and O–H groups in total. The van der Waals surface area contributed by atoms with Crippen LogP contribution in [0.2, 0.25) is 0 Å². The lowest BCUT2D eigenvalue weighted by Gasteiger charge is -2.13. The van der Waals surface area contributed by atoms with Crippen molar-refractivity contribution in [3.05, 3.63) is 119 Å². The first kappa shape index (κ1) is 30.9.